The number of aryl methyl sites for hydroxylation is 2. The Hall–Kier alpha value is -2.45. The smallest absolute Gasteiger partial charge is 0.333 e. The fourth-order valence-corrected chi connectivity index (χ4v) is 3.49. The fraction of sp³-hybridized carbons (Fsp3) is 0.667. The van der Waals surface area contributed by atoms with Gasteiger partial charge in [0.25, 0.3) is 0 Å². The summed E-state index contributed by atoms with van der Waals surface area (Å²) in [6, 6.07) is 0. The summed E-state index contributed by atoms with van der Waals surface area (Å²) in [4.78, 5) is 17.7. The number of anilines is 1. The van der Waals surface area contributed by atoms with Crippen LogP contribution in [0.1, 0.15) is 54.9 Å². The second-order valence-corrected chi connectivity index (χ2v) is 6.69. The Morgan fingerprint density at radius 2 is 2.08 bits per heavy atom. The number of nitro groups is 1. The Morgan fingerprint density at radius 1 is 1.29 bits per heavy atom. The first-order valence-corrected chi connectivity index (χ1v) is 8.31. The van der Waals surface area contributed by atoms with Crippen molar-refractivity contribution in [3.05, 3.63) is 27.5 Å². The van der Waals surface area contributed by atoms with E-state index in [0.717, 1.165) is 43.9 Å². The Bertz CT molecular complexity index is 778. The van der Waals surface area contributed by atoms with E-state index in [0.29, 0.717) is 24.0 Å². The van der Waals surface area contributed by atoms with Crippen molar-refractivity contribution in [2.24, 2.45) is 7.05 Å². The molecule has 1 saturated carbocycles. The highest BCUT2D eigenvalue weighted by Crippen LogP contribution is 2.40. The van der Waals surface area contributed by atoms with Gasteiger partial charge in [0.15, 0.2) is 5.82 Å². The first-order chi connectivity index (χ1) is 11.5. The number of hydrogen-bond donors (Lipinski definition) is 0. The van der Waals surface area contributed by atoms with Gasteiger partial charge in [0, 0.05) is 32.0 Å². The number of rotatable bonds is 4. The SMILES string of the molecule is Cc1nn(C)c(N2CCC[C@H](c3noc(C4CC4)n3)C2)c1[N+](=O)[O-]. The van der Waals surface area contributed by atoms with Crippen LogP contribution in [-0.4, -0.2) is 37.9 Å². The average molecular weight is 332 g/mol. The monoisotopic (exact) mass is 332 g/mol. The van der Waals surface area contributed by atoms with Gasteiger partial charge in [0.1, 0.15) is 5.69 Å². The van der Waals surface area contributed by atoms with E-state index in [1.165, 1.54) is 0 Å². The minimum atomic E-state index is -0.346. The van der Waals surface area contributed by atoms with Crippen molar-refractivity contribution < 1.29 is 9.45 Å². The minimum Gasteiger partial charge on any atom is -0.350 e. The summed E-state index contributed by atoms with van der Waals surface area (Å²) in [5.74, 6) is 2.59. The highest BCUT2D eigenvalue weighted by molar-refractivity contribution is 5.61. The molecule has 0 N–H and O–H groups in total. The van der Waals surface area contributed by atoms with E-state index in [1.807, 2.05) is 4.90 Å². The van der Waals surface area contributed by atoms with Gasteiger partial charge in [-0.15, -0.1) is 0 Å². The normalized spacial score (nSPS) is 21.2. The maximum atomic E-state index is 11.4. The average Bonchev–Trinajstić information content (AvgIpc) is 3.19. The molecule has 1 saturated heterocycles. The van der Waals surface area contributed by atoms with E-state index < -0.39 is 0 Å². The summed E-state index contributed by atoms with van der Waals surface area (Å²) in [5, 5.41) is 19.8. The van der Waals surface area contributed by atoms with Crippen LogP contribution in [0.2, 0.25) is 0 Å². The molecule has 0 aromatic carbocycles. The Labute approximate surface area is 138 Å². The maximum Gasteiger partial charge on any atom is 0.333 e. The molecule has 2 fully saturated rings. The molecule has 24 heavy (non-hydrogen) atoms. The van der Waals surface area contributed by atoms with Crippen LogP contribution < -0.4 is 4.90 Å². The Balaban J connectivity index is 1.59. The Morgan fingerprint density at radius 3 is 2.79 bits per heavy atom. The molecule has 128 valence electrons. The van der Waals surface area contributed by atoms with E-state index in [9.17, 15) is 10.1 Å². The molecule has 1 aliphatic carbocycles. The second-order valence-electron chi connectivity index (χ2n) is 6.69. The highest BCUT2D eigenvalue weighted by Gasteiger charge is 2.35. The third kappa shape index (κ3) is 2.53. The summed E-state index contributed by atoms with van der Waals surface area (Å²) in [7, 11) is 1.75. The molecule has 2 aromatic heterocycles. The van der Waals surface area contributed by atoms with E-state index in [4.69, 9.17) is 4.52 Å². The third-order valence-electron chi connectivity index (χ3n) is 4.81. The van der Waals surface area contributed by atoms with Gasteiger partial charge in [-0.05, 0) is 32.6 Å². The highest BCUT2D eigenvalue weighted by atomic mass is 16.6. The number of aromatic nitrogens is 4. The van der Waals surface area contributed by atoms with Gasteiger partial charge in [-0.1, -0.05) is 5.16 Å². The lowest BCUT2D eigenvalue weighted by atomic mass is 9.97. The minimum absolute atomic E-state index is 0.0879. The molecule has 0 amide bonds. The van der Waals surface area contributed by atoms with Crippen LogP contribution in [0.3, 0.4) is 0 Å². The molecule has 1 atom stereocenters. The lowest BCUT2D eigenvalue weighted by molar-refractivity contribution is -0.384. The van der Waals surface area contributed by atoms with Crippen LogP contribution >= 0.6 is 0 Å². The number of hydrogen-bond acceptors (Lipinski definition) is 7. The molecular weight excluding hydrogens is 312 g/mol. The quantitative estimate of drug-likeness (QED) is 0.625. The number of nitrogens with zero attached hydrogens (tertiary/aromatic N) is 6. The summed E-state index contributed by atoms with van der Waals surface area (Å²) >= 11 is 0. The van der Waals surface area contributed by atoms with Gasteiger partial charge in [-0.25, -0.2) is 4.68 Å². The summed E-state index contributed by atoms with van der Waals surface area (Å²) in [6.45, 7) is 3.08. The lowest BCUT2D eigenvalue weighted by Gasteiger charge is -2.32. The molecule has 3 heterocycles. The fourth-order valence-electron chi connectivity index (χ4n) is 3.49. The summed E-state index contributed by atoms with van der Waals surface area (Å²) in [6.07, 6.45) is 4.14. The zero-order valence-corrected chi connectivity index (χ0v) is 13.8. The van der Waals surface area contributed by atoms with Crippen LogP contribution in [0.5, 0.6) is 0 Å². The molecule has 1 aliphatic heterocycles. The van der Waals surface area contributed by atoms with Crippen LogP contribution in [0, 0.1) is 17.0 Å². The van der Waals surface area contributed by atoms with Crippen molar-refractivity contribution in [2.45, 2.75) is 44.4 Å². The van der Waals surface area contributed by atoms with Crippen LogP contribution in [-0.2, 0) is 7.05 Å². The predicted octanol–water partition coefficient (Wildman–Crippen LogP) is 2.28. The number of piperidine rings is 1. The van der Waals surface area contributed by atoms with Gasteiger partial charge < -0.3 is 9.42 Å². The van der Waals surface area contributed by atoms with Gasteiger partial charge in [0.2, 0.25) is 11.7 Å². The van der Waals surface area contributed by atoms with Crippen molar-refractivity contribution >= 4 is 11.5 Å². The lowest BCUT2D eigenvalue weighted by Crippen LogP contribution is -2.36. The molecule has 9 nitrogen and oxygen atoms in total. The maximum absolute atomic E-state index is 11.4. The first-order valence-electron chi connectivity index (χ1n) is 8.31. The second kappa shape index (κ2) is 5.57. The largest absolute Gasteiger partial charge is 0.350 e. The predicted molar refractivity (Wildman–Crippen MR) is 85.1 cm³/mol. The van der Waals surface area contributed by atoms with Gasteiger partial charge in [0.05, 0.1) is 4.92 Å². The van der Waals surface area contributed by atoms with Gasteiger partial charge >= 0.3 is 5.69 Å². The third-order valence-corrected chi connectivity index (χ3v) is 4.81. The van der Waals surface area contributed by atoms with Crippen molar-refractivity contribution in [3.63, 3.8) is 0 Å². The standard InChI is InChI=1S/C15H20N6O3/c1-9-12(21(22)23)15(19(2)17-9)20-7-3-4-11(8-20)13-16-14(24-18-13)10-5-6-10/h10-11H,3-8H2,1-2H3/t11-/m0/s1. The van der Waals surface area contributed by atoms with Crippen molar-refractivity contribution in [2.75, 3.05) is 18.0 Å². The van der Waals surface area contributed by atoms with Crippen molar-refractivity contribution in [1.29, 1.82) is 0 Å². The van der Waals surface area contributed by atoms with Gasteiger partial charge in [-0.3, -0.25) is 10.1 Å². The van der Waals surface area contributed by atoms with Crippen LogP contribution in [0.25, 0.3) is 0 Å². The van der Waals surface area contributed by atoms with E-state index >= 15 is 0 Å². The van der Waals surface area contributed by atoms with E-state index in [1.54, 1.807) is 18.7 Å². The van der Waals surface area contributed by atoms with E-state index in [-0.39, 0.29) is 16.5 Å². The zero-order valence-electron chi connectivity index (χ0n) is 13.8. The molecule has 0 spiro atoms. The van der Waals surface area contributed by atoms with Gasteiger partial charge in [-0.2, -0.15) is 10.1 Å². The molecule has 2 aromatic rings. The van der Waals surface area contributed by atoms with Crippen molar-refractivity contribution in [3.8, 4) is 0 Å². The Kier molecular flexibility index (Phi) is 3.50. The van der Waals surface area contributed by atoms with Crippen LogP contribution in [0.15, 0.2) is 4.52 Å². The molecule has 2 aliphatic rings. The van der Waals surface area contributed by atoms with E-state index in [2.05, 4.69) is 15.2 Å². The topological polar surface area (TPSA) is 103 Å². The molecule has 0 unspecified atom stereocenters. The van der Waals surface area contributed by atoms with Crippen LogP contribution in [0.4, 0.5) is 11.5 Å². The molecule has 4 rings (SSSR count). The molecule has 9 heteroatoms. The van der Waals surface area contributed by atoms with Crippen molar-refractivity contribution in [1.82, 2.24) is 19.9 Å². The summed E-state index contributed by atoms with van der Waals surface area (Å²) < 4.78 is 6.97. The molecular formula is C15H20N6O3. The molecule has 0 radical (unpaired) electrons. The summed E-state index contributed by atoms with van der Waals surface area (Å²) in [5.41, 5.74) is 0.528. The first kappa shape index (κ1) is 15.1. The molecule has 0 bridgehead atoms. The zero-order chi connectivity index (χ0) is 16.8.